The first-order valence-corrected chi connectivity index (χ1v) is 11.9. The summed E-state index contributed by atoms with van der Waals surface area (Å²) in [6, 6.07) is 2.64. The lowest BCUT2D eigenvalue weighted by Gasteiger charge is -2.40. The number of nitrogen functional groups attached to an aromatic ring is 1. The molecule has 1 atom stereocenters. The SMILES string of the molecule is C=C[C@@H](Nc1nc(C)nc2cc(=O)n(C3(C)CCN(C(C)=O)CC3)cc12)c1cc(N)cc(C(F)F)c1F. The van der Waals surface area contributed by atoms with Crippen LogP contribution in [0.1, 0.15) is 56.1 Å². The minimum atomic E-state index is -3.04. The third kappa shape index (κ3) is 5.03. The number of nitrogens with two attached hydrogens (primary N) is 1. The Labute approximate surface area is 212 Å². The number of hydrogen-bond acceptors (Lipinski definition) is 6. The molecule has 196 valence electrons. The highest BCUT2D eigenvalue weighted by atomic mass is 19.3. The predicted octanol–water partition coefficient (Wildman–Crippen LogP) is 4.46. The van der Waals surface area contributed by atoms with Crippen LogP contribution in [0, 0.1) is 12.7 Å². The van der Waals surface area contributed by atoms with E-state index in [1.165, 1.54) is 25.1 Å². The quantitative estimate of drug-likeness (QED) is 0.372. The van der Waals surface area contributed by atoms with Gasteiger partial charge >= 0.3 is 0 Å². The molecule has 1 aliphatic heterocycles. The van der Waals surface area contributed by atoms with Gasteiger partial charge in [0.1, 0.15) is 17.5 Å². The van der Waals surface area contributed by atoms with Crippen LogP contribution in [0.15, 0.2) is 41.8 Å². The number of nitrogens with one attached hydrogen (secondary N) is 1. The first kappa shape index (κ1) is 26.2. The maximum Gasteiger partial charge on any atom is 0.266 e. The molecule has 4 rings (SSSR count). The summed E-state index contributed by atoms with van der Waals surface area (Å²) in [6.45, 7) is 9.89. The maximum atomic E-state index is 15.0. The number of hydrogen-bond donors (Lipinski definition) is 2. The van der Waals surface area contributed by atoms with Crippen molar-refractivity contribution in [2.24, 2.45) is 0 Å². The number of fused-ring (bicyclic) bond motifs is 1. The zero-order chi connectivity index (χ0) is 27.1. The van der Waals surface area contributed by atoms with Gasteiger partial charge in [-0.3, -0.25) is 9.59 Å². The van der Waals surface area contributed by atoms with Crippen molar-refractivity contribution in [2.45, 2.75) is 51.6 Å². The summed E-state index contributed by atoms with van der Waals surface area (Å²) in [7, 11) is 0. The summed E-state index contributed by atoms with van der Waals surface area (Å²) in [6.07, 6.45) is 1.13. The molecule has 0 aliphatic carbocycles. The monoisotopic (exact) mass is 514 g/mol. The second-order valence-electron chi connectivity index (χ2n) is 9.57. The highest BCUT2D eigenvalue weighted by Crippen LogP contribution is 2.34. The lowest BCUT2D eigenvalue weighted by atomic mass is 9.89. The van der Waals surface area contributed by atoms with Crippen molar-refractivity contribution in [3.05, 3.63) is 70.2 Å². The number of benzene rings is 1. The fourth-order valence-electron chi connectivity index (χ4n) is 4.79. The number of aryl methyl sites for hydroxylation is 1. The number of amides is 1. The molecule has 0 bridgehead atoms. The standard InChI is InChI=1S/C26H29F3N6O2/c1-5-20(17-10-16(30)11-18(23(17)27)24(28)29)33-25-19-13-35(22(37)12-21(19)31-14(2)32-25)26(4)6-8-34(9-7-26)15(3)36/h5,10-13,20,24H,1,6-9,30H2,2-4H3,(H,31,32,33)/t20-/m1/s1. The van der Waals surface area contributed by atoms with E-state index in [9.17, 15) is 18.4 Å². The number of nitrogens with zero attached hydrogens (tertiary/aromatic N) is 4. The van der Waals surface area contributed by atoms with Crippen LogP contribution in [0.4, 0.5) is 24.7 Å². The van der Waals surface area contributed by atoms with Crippen molar-refractivity contribution in [3.63, 3.8) is 0 Å². The van der Waals surface area contributed by atoms with Gasteiger partial charge in [0.15, 0.2) is 0 Å². The molecule has 1 aromatic carbocycles. The summed E-state index contributed by atoms with van der Waals surface area (Å²) in [4.78, 5) is 35.5. The van der Waals surface area contributed by atoms with E-state index >= 15 is 4.39 Å². The molecule has 0 spiro atoms. The number of likely N-dealkylation sites (tertiary alicyclic amines) is 1. The van der Waals surface area contributed by atoms with Crippen LogP contribution < -0.4 is 16.6 Å². The molecule has 2 aromatic heterocycles. The van der Waals surface area contributed by atoms with Gasteiger partial charge in [-0.05, 0) is 38.8 Å². The fraction of sp³-hybridized carbons (Fsp3) is 0.385. The normalized spacial score (nSPS) is 16.1. The van der Waals surface area contributed by atoms with Gasteiger partial charge in [0.05, 0.1) is 22.5 Å². The van der Waals surface area contributed by atoms with Crippen LogP contribution in [0.5, 0.6) is 0 Å². The molecule has 1 aliphatic rings. The lowest BCUT2D eigenvalue weighted by molar-refractivity contribution is -0.130. The third-order valence-electron chi connectivity index (χ3n) is 6.96. The number of aromatic nitrogens is 3. The van der Waals surface area contributed by atoms with Crippen LogP contribution in [-0.2, 0) is 10.3 Å². The van der Waals surface area contributed by atoms with Crippen LogP contribution in [0.25, 0.3) is 10.9 Å². The van der Waals surface area contributed by atoms with Crippen molar-refractivity contribution in [1.29, 1.82) is 0 Å². The minimum Gasteiger partial charge on any atom is -0.399 e. The number of carbonyl (C=O) groups is 1. The Bertz CT molecular complexity index is 1430. The van der Waals surface area contributed by atoms with Gasteiger partial charge in [0.25, 0.3) is 12.0 Å². The van der Waals surface area contributed by atoms with E-state index in [1.807, 2.05) is 6.92 Å². The van der Waals surface area contributed by atoms with E-state index in [-0.39, 0.29) is 28.5 Å². The van der Waals surface area contributed by atoms with Gasteiger partial charge in [-0.2, -0.15) is 0 Å². The summed E-state index contributed by atoms with van der Waals surface area (Å²) in [5.74, 6) is -0.454. The topological polar surface area (TPSA) is 106 Å². The number of anilines is 2. The summed E-state index contributed by atoms with van der Waals surface area (Å²) in [5, 5.41) is 3.56. The van der Waals surface area contributed by atoms with Crippen molar-refractivity contribution in [3.8, 4) is 0 Å². The second-order valence-corrected chi connectivity index (χ2v) is 9.57. The molecule has 11 heteroatoms. The number of rotatable bonds is 6. The zero-order valence-electron chi connectivity index (χ0n) is 20.9. The van der Waals surface area contributed by atoms with E-state index in [2.05, 4.69) is 21.9 Å². The van der Waals surface area contributed by atoms with E-state index in [0.29, 0.717) is 42.7 Å². The number of carbonyl (C=O) groups excluding carboxylic acids is 1. The van der Waals surface area contributed by atoms with Crippen LogP contribution in [-0.4, -0.2) is 38.4 Å². The molecule has 1 amide bonds. The Morgan fingerprint density at radius 1 is 1.22 bits per heavy atom. The first-order valence-electron chi connectivity index (χ1n) is 11.9. The average Bonchev–Trinajstić information content (AvgIpc) is 2.83. The summed E-state index contributed by atoms with van der Waals surface area (Å²) < 4.78 is 43.4. The molecule has 3 aromatic rings. The molecule has 0 radical (unpaired) electrons. The molecule has 1 fully saturated rings. The zero-order valence-corrected chi connectivity index (χ0v) is 20.9. The molecule has 0 saturated carbocycles. The van der Waals surface area contributed by atoms with E-state index in [1.54, 1.807) is 22.6 Å². The lowest BCUT2D eigenvalue weighted by Crippen LogP contribution is -2.48. The number of alkyl halides is 2. The second kappa shape index (κ2) is 9.87. The Morgan fingerprint density at radius 3 is 2.46 bits per heavy atom. The van der Waals surface area contributed by atoms with Gasteiger partial charge in [0, 0.05) is 49.1 Å². The van der Waals surface area contributed by atoms with Gasteiger partial charge in [-0.15, -0.1) is 6.58 Å². The van der Waals surface area contributed by atoms with Crippen LogP contribution in [0.3, 0.4) is 0 Å². The molecule has 37 heavy (non-hydrogen) atoms. The van der Waals surface area contributed by atoms with Crippen LogP contribution in [0.2, 0.25) is 0 Å². The fourth-order valence-corrected chi connectivity index (χ4v) is 4.79. The van der Waals surface area contributed by atoms with Gasteiger partial charge in [0.2, 0.25) is 5.91 Å². The van der Waals surface area contributed by atoms with E-state index in [0.717, 1.165) is 6.07 Å². The Hall–Kier alpha value is -3.89. The van der Waals surface area contributed by atoms with Gasteiger partial charge < -0.3 is 20.5 Å². The molecule has 0 unspecified atom stereocenters. The predicted molar refractivity (Wildman–Crippen MR) is 136 cm³/mol. The molecular weight excluding hydrogens is 485 g/mol. The Morgan fingerprint density at radius 2 is 1.86 bits per heavy atom. The van der Waals surface area contributed by atoms with E-state index in [4.69, 9.17) is 5.73 Å². The van der Waals surface area contributed by atoms with Gasteiger partial charge in [-0.25, -0.2) is 23.1 Å². The largest absolute Gasteiger partial charge is 0.399 e. The van der Waals surface area contributed by atoms with Crippen molar-refractivity contribution in [1.82, 2.24) is 19.4 Å². The van der Waals surface area contributed by atoms with Crippen molar-refractivity contribution < 1.29 is 18.0 Å². The number of halogens is 3. The third-order valence-corrected chi connectivity index (χ3v) is 6.96. The van der Waals surface area contributed by atoms with Crippen molar-refractivity contribution >= 4 is 28.3 Å². The minimum absolute atomic E-state index is 0.0113. The van der Waals surface area contributed by atoms with Crippen LogP contribution >= 0.6 is 0 Å². The first-order chi connectivity index (χ1) is 17.4. The summed E-state index contributed by atoms with van der Waals surface area (Å²) >= 11 is 0. The Kier molecular flexibility index (Phi) is 6.98. The number of piperidine rings is 1. The maximum absolute atomic E-state index is 15.0. The highest BCUT2D eigenvalue weighted by molar-refractivity contribution is 5.88. The van der Waals surface area contributed by atoms with E-state index < -0.39 is 29.4 Å². The average molecular weight is 515 g/mol. The molecule has 3 heterocycles. The summed E-state index contributed by atoms with van der Waals surface area (Å²) in [5.41, 5.74) is 4.44. The Balaban J connectivity index is 1.79. The number of pyridine rings is 1. The molecule has 3 N–H and O–H groups in total. The molecule has 1 saturated heterocycles. The van der Waals surface area contributed by atoms with Gasteiger partial charge in [-0.1, -0.05) is 6.08 Å². The smallest absolute Gasteiger partial charge is 0.266 e. The molecule has 8 nitrogen and oxygen atoms in total. The highest BCUT2D eigenvalue weighted by Gasteiger charge is 2.34. The molecular formula is C26H29F3N6O2. The van der Waals surface area contributed by atoms with Crippen molar-refractivity contribution in [2.75, 3.05) is 24.1 Å².